The minimum atomic E-state index is -1.58. The Balaban J connectivity index is 1.41. The van der Waals surface area contributed by atoms with Gasteiger partial charge >= 0.3 is 5.97 Å². The second-order valence-electron chi connectivity index (χ2n) is 15.6. The molecule has 1 aliphatic heterocycles. The number of aromatic amines is 1. The zero-order valence-corrected chi connectivity index (χ0v) is 34.6. The molecular weight excluding hydrogens is 781 g/mol. The number of hydrogen-bond acceptors (Lipinski definition) is 9. The van der Waals surface area contributed by atoms with E-state index in [0.717, 1.165) is 28.5 Å². The number of aliphatic carboxylic acids is 1. The van der Waals surface area contributed by atoms with Crippen molar-refractivity contribution < 1.29 is 39.0 Å². The average Bonchev–Trinajstić information content (AvgIpc) is 3.95. The van der Waals surface area contributed by atoms with Gasteiger partial charge in [0.2, 0.25) is 29.5 Å². The summed E-state index contributed by atoms with van der Waals surface area (Å²) in [6.07, 6.45) is 2.90. The molecule has 2 heterocycles. The summed E-state index contributed by atoms with van der Waals surface area (Å²) in [6.45, 7) is 2.28. The van der Waals surface area contributed by atoms with E-state index >= 15 is 0 Å². The minimum absolute atomic E-state index is 0.0168. The fourth-order valence-electron chi connectivity index (χ4n) is 7.58. The molecule has 0 aliphatic carbocycles. The molecule has 10 N–H and O–H groups in total. The van der Waals surface area contributed by atoms with Crippen molar-refractivity contribution >= 4 is 46.4 Å². The molecule has 0 unspecified atom stereocenters. The van der Waals surface area contributed by atoms with E-state index in [9.17, 15) is 39.0 Å². The molecule has 16 heteroatoms. The van der Waals surface area contributed by atoms with Crippen LogP contribution in [0.5, 0.6) is 0 Å². The van der Waals surface area contributed by atoms with Gasteiger partial charge in [-0.25, -0.2) is 4.79 Å². The highest BCUT2D eigenvalue weighted by Gasteiger charge is 2.37. The van der Waals surface area contributed by atoms with E-state index in [1.807, 2.05) is 54.6 Å². The van der Waals surface area contributed by atoms with Gasteiger partial charge in [-0.05, 0) is 74.9 Å². The molecule has 326 valence electrons. The molecule has 0 radical (unpaired) electrons. The van der Waals surface area contributed by atoms with Crippen LogP contribution in [-0.2, 0) is 48.0 Å². The Hall–Kier alpha value is -6.10. The van der Waals surface area contributed by atoms with Crippen LogP contribution in [0.1, 0.15) is 55.7 Å². The van der Waals surface area contributed by atoms with Gasteiger partial charge in [0.15, 0.2) is 0 Å². The lowest BCUT2D eigenvalue weighted by atomic mass is 9.99. The van der Waals surface area contributed by atoms with E-state index in [2.05, 4.69) is 31.6 Å². The molecule has 5 rings (SSSR count). The first-order chi connectivity index (χ1) is 29.4. The Kier molecular flexibility index (Phi) is 16.9. The number of fused-ring (bicyclic) bond motifs is 1. The molecule has 16 nitrogen and oxygen atoms in total. The van der Waals surface area contributed by atoms with Gasteiger partial charge in [0.1, 0.15) is 30.2 Å². The molecule has 1 aliphatic rings. The number of amides is 5. The van der Waals surface area contributed by atoms with Gasteiger partial charge in [-0.1, -0.05) is 78.9 Å². The number of carboxylic acids is 1. The van der Waals surface area contributed by atoms with Gasteiger partial charge in [-0.15, -0.1) is 0 Å². The number of hydrogen-bond donors (Lipinski definition) is 9. The monoisotopic (exact) mass is 838 g/mol. The van der Waals surface area contributed by atoms with Gasteiger partial charge in [0.05, 0.1) is 12.1 Å². The van der Waals surface area contributed by atoms with Gasteiger partial charge in [-0.2, -0.15) is 0 Å². The van der Waals surface area contributed by atoms with E-state index in [4.69, 9.17) is 5.73 Å². The van der Waals surface area contributed by atoms with Crippen molar-refractivity contribution in [3.8, 4) is 0 Å². The Morgan fingerprint density at radius 2 is 1.39 bits per heavy atom. The first-order valence-corrected chi connectivity index (χ1v) is 20.8. The third-order valence-corrected chi connectivity index (χ3v) is 11.0. The Morgan fingerprint density at radius 1 is 0.770 bits per heavy atom. The molecule has 3 aromatic carbocycles. The Labute approximate surface area is 355 Å². The summed E-state index contributed by atoms with van der Waals surface area (Å²) in [5, 5.41) is 35.4. The number of benzene rings is 3. The second kappa shape index (κ2) is 22.5. The number of aliphatic hydroxyl groups excluding tert-OH is 1. The van der Waals surface area contributed by atoms with E-state index in [-0.39, 0.29) is 31.6 Å². The van der Waals surface area contributed by atoms with Gasteiger partial charge in [0, 0.05) is 43.4 Å². The van der Waals surface area contributed by atoms with Crippen LogP contribution < -0.4 is 32.3 Å². The van der Waals surface area contributed by atoms with Crippen LogP contribution in [0.15, 0.2) is 91.1 Å². The smallest absolute Gasteiger partial charge is 0.326 e. The van der Waals surface area contributed by atoms with Crippen molar-refractivity contribution in [3.05, 3.63) is 108 Å². The number of aliphatic hydroxyl groups is 1. The number of para-hydroxylation sites is 1. The predicted octanol–water partition coefficient (Wildman–Crippen LogP) is 1.31. The minimum Gasteiger partial charge on any atom is -0.480 e. The van der Waals surface area contributed by atoms with Crippen LogP contribution >= 0.6 is 0 Å². The van der Waals surface area contributed by atoms with Crippen molar-refractivity contribution in [3.63, 3.8) is 0 Å². The summed E-state index contributed by atoms with van der Waals surface area (Å²) >= 11 is 0. The number of aromatic nitrogens is 1. The topological polar surface area (TPSA) is 248 Å². The van der Waals surface area contributed by atoms with E-state index in [1.54, 1.807) is 36.5 Å². The largest absolute Gasteiger partial charge is 0.480 e. The lowest BCUT2D eigenvalue weighted by Crippen LogP contribution is -2.61. The number of H-pyrrole nitrogens is 1. The summed E-state index contributed by atoms with van der Waals surface area (Å²) in [6, 6.07) is 18.5. The van der Waals surface area contributed by atoms with E-state index in [1.165, 1.54) is 18.9 Å². The molecule has 0 bridgehead atoms. The van der Waals surface area contributed by atoms with Gasteiger partial charge in [-0.3, -0.25) is 24.0 Å². The lowest BCUT2D eigenvalue weighted by Gasteiger charge is -2.33. The Morgan fingerprint density at radius 3 is 2.00 bits per heavy atom. The van der Waals surface area contributed by atoms with Crippen LogP contribution in [0.3, 0.4) is 0 Å². The van der Waals surface area contributed by atoms with Crippen LogP contribution in [0.4, 0.5) is 0 Å². The molecule has 1 aromatic heterocycles. The SMILES string of the molecule is C[C@@H](O)[C@H](NC(=O)[C@H](CCCCN)N(C)C(=O)[C@@H](Cc1c[nH]c2ccccc12)NC(=O)[C@H](Cc1ccccc1)NC(=O)[C@@H]1CCCN1)C(=O)N[C@@H](Cc1ccccc1)C(=O)O. The van der Waals surface area contributed by atoms with Crippen molar-refractivity contribution in [2.24, 2.45) is 5.73 Å². The number of carbonyl (C=O) groups excluding carboxylic acids is 5. The van der Waals surface area contributed by atoms with Crippen molar-refractivity contribution in [1.82, 2.24) is 36.5 Å². The molecule has 61 heavy (non-hydrogen) atoms. The number of likely N-dealkylation sites (N-methyl/N-ethyl adjacent to an activating group) is 1. The maximum absolute atomic E-state index is 14.8. The van der Waals surface area contributed by atoms with E-state index in [0.29, 0.717) is 37.9 Å². The zero-order valence-electron chi connectivity index (χ0n) is 34.6. The van der Waals surface area contributed by atoms with E-state index < -0.39 is 72.0 Å². The predicted molar refractivity (Wildman–Crippen MR) is 230 cm³/mol. The van der Waals surface area contributed by atoms with Crippen LogP contribution in [0.2, 0.25) is 0 Å². The summed E-state index contributed by atoms with van der Waals surface area (Å²) < 4.78 is 0. The fraction of sp³-hybridized carbons (Fsp3) is 0.422. The van der Waals surface area contributed by atoms with Crippen molar-refractivity contribution in [1.29, 1.82) is 0 Å². The summed E-state index contributed by atoms with van der Waals surface area (Å²) in [5.74, 6) is -4.56. The number of unbranched alkanes of at least 4 members (excludes halogenated alkanes) is 1. The Bertz CT molecular complexity index is 2090. The third kappa shape index (κ3) is 12.9. The molecule has 4 aromatic rings. The highest BCUT2D eigenvalue weighted by Crippen LogP contribution is 2.21. The number of nitrogens with two attached hydrogens (primary N) is 1. The average molecular weight is 839 g/mol. The number of nitrogens with zero attached hydrogens (tertiary/aromatic N) is 1. The number of carboxylic acid groups (broad SMARTS) is 1. The zero-order chi connectivity index (χ0) is 43.9. The highest BCUT2D eigenvalue weighted by atomic mass is 16.4. The van der Waals surface area contributed by atoms with Crippen molar-refractivity contribution in [2.75, 3.05) is 20.1 Å². The number of nitrogens with one attached hydrogen (secondary N) is 6. The number of rotatable bonds is 22. The highest BCUT2D eigenvalue weighted by molar-refractivity contribution is 5.97. The molecule has 5 amide bonds. The van der Waals surface area contributed by atoms with Gasteiger partial charge < -0.3 is 52.4 Å². The molecule has 0 saturated carbocycles. The fourth-order valence-corrected chi connectivity index (χ4v) is 7.58. The molecule has 1 saturated heterocycles. The van der Waals surface area contributed by atoms with Crippen LogP contribution in [0.25, 0.3) is 10.9 Å². The quantitative estimate of drug-likeness (QED) is 0.0514. The second-order valence-corrected chi connectivity index (χ2v) is 15.6. The first-order valence-electron chi connectivity index (χ1n) is 20.8. The van der Waals surface area contributed by atoms with Crippen molar-refractivity contribution in [2.45, 2.75) is 101 Å². The molecule has 0 spiro atoms. The van der Waals surface area contributed by atoms with Gasteiger partial charge in [0.25, 0.3) is 0 Å². The maximum atomic E-state index is 14.8. The summed E-state index contributed by atoms with van der Waals surface area (Å²) in [7, 11) is 1.43. The molecular formula is C45H58N8O8. The third-order valence-electron chi connectivity index (χ3n) is 11.0. The standard InChI is InChI=1S/C45H58N8O8/c1-28(54)39(43(58)51-37(45(60)61)25-30-16-7-4-8-17-30)52-42(57)38(21-11-12-22-46)53(2)44(59)36(26-31-27-48-33-19-10-9-18-32(31)33)50-41(56)35(24-29-14-5-3-6-15-29)49-40(55)34-20-13-23-47-34/h3-10,14-19,27-28,34-39,47-48,54H,11-13,20-26,46H2,1-2H3,(H,49,55)(H,50,56)(H,51,58)(H,52,57)(H,60,61)/t28-,34+,35+,36-,37+,38+,39+/m1/s1. The van der Waals surface area contributed by atoms with Crippen LogP contribution in [-0.4, -0.2) is 118 Å². The molecule has 7 atom stereocenters. The van der Waals surface area contributed by atoms with Crippen LogP contribution in [0, 0.1) is 0 Å². The first kappa shape index (κ1) is 46.0. The normalized spacial score (nSPS) is 16.6. The summed E-state index contributed by atoms with van der Waals surface area (Å²) in [4.78, 5) is 86.9. The number of carbonyl (C=O) groups is 6. The maximum Gasteiger partial charge on any atom is 0.326 e. The lowest BCUT2D eigenvalue weighted by molar-refractivity contribution is -0.145. The summed E-state index contributed by atoms with van der Waals surface area (Å²) in [5.41, 5.74) is 8.78. The molecule has 1 fully saturated rings.